The molecule has 3 heterocycles. The van der Waals surface area contributed by atoms with Gasteiger partial charge in [0.2, 0.25) is 5.95 Å². The number of amides is 1. The maximum Gasteiger partial charge on any atom is 0.280 e. The molecule has 0 aliphatic heterocycles. The van der Waals surface area contributed by atoms with Crippen LogP contribution in [0.25, 0.3) is 0 Å². The van der Waals surface area contributed by atoms with Gasteiger partial charge in [0.1, 0.15) is 12.1 Å². The van der Waals surface area contributed by atoms with E-state index in [1.807, 2.05) is 13.8 Å². The summed E-state index contributed by atoms with van der Waals surface area (Å²) in [6.07, 6.45) is 1.49. The molecule has 0 saturated carbocycles. The van der Waals surface area contributed by atoms with Crippen molar-refractivity contribution in [3.05, 3.63) is 73.6 Å². The molecule has 4 aromatic rings. The summed E-state index contributed by atoms with van der Waals surface area (Å²) in [7, 11) is 0. The largest absolute Gasteiger partial charge is 0.361 e. The second-order valence-electron chi connectivity index (χ2n) is 7.16. The van der Waals surface area contributed by atoms with Gasteiger partial charge in [0.25, 0.3) is 5.91 Å². The zero-order chi connectivity index (χ0) is 23.0. The zero-order valence-corrected chi connectivity index (χ0v) is 19.6. The van der Waals surface area contributed by atoms with Gasteiger partial charge >= 0.3 is 0 Å². The van der Waals surface area contributed by atoms with Crippen LogP contribution in [0.3, 0.4) is 0 Å². The van der Waals surface area contributed by atoms with Crippen molar-refractivity contribution in [2.75, 3.05) is 5.32 Å². The summed E-state index contributed by atoms with van der Waals surface area (Å²) < 4.78 is 8.51. The Morgan fingerprint density at radius 3 is 2.59 bits per heavy atom. The lowest BCUT2D eigenvalue weighted by molar-refractivity contribution is 0.101. The highest BCUT2D eigenvalue weighted by Crippen LogP contribution is 2.23. The molecule has 0 aliphatic rings. The van der Waals surface area contributed by atoms with Crippen molar-refractivity contribution >= 4 is 46.7 Å². The van der Waals surface area contributed by atoms with Crippen LogP contribution in [-0.4, -0.2) is 35.6 Å². The van der Waals surface area contributed by atoms with E-state index in [0.717, 1.165) is 11.3 Å². The van der Waals surface area contributed by atoms with Gasteiger partial charge in [-0.15, -0.1) is 5.10 Å². The van der Waals surface area contributed by atoms with E-state index in [2.05, 4.69) is 25.7 Å². The molecule has 0 fully saturated rings. The lowest BCUT2D eigenvalue weighted by Crippen LogP contribution is -2.17. The fraction of sp³-hybridized carbons (Fsp3) is 0.250. The molecule has 12 heteroatoms. The third-order valence-corrected chi connectivity index (χ3v) is 6.04. The SMILES string of the molecule is Cc1nn(Cc2c(C(=O)Nc3ncn(Cc4ccc(Cl)cc4Cl)n3)noc2C)c(C)c1Cl. The monoisotopic (exact) mass is 493 g/mol. The molecule has 0 bridgehead atoms. The first-order valence-electron chi connectivity index (χ1n) is 9.52. The number of hydrogen-bond donors (Lipinski definition) is 1. The maximum atomic E-state index is 12.8. The van der Waals surface area contributed by atoms with Crippen molar-refractivity contribution in [2.45, 2.75) is 33.9 Å². The van der Waals surface area contributed by atoms with Crippen molar-refractivity contribution in [2.24, 2.45) is 0 Å². The van der Waals surface area contributed by atoms with Crippen molar-refractivity contribution < 1.29 is 9.32 Å². The molecule has 1 amide bonds. The van der Waals surface area contributed by atoms with E-state index in [1.165, 1.54) is 6.33 Å². The van der Waals surface area contributed by atoms with Crippen molar-refractivity contribution in [1.29, 1.82) is 0 Å². The summed E-state index contributed by atoms with van der Waals surface area (Å²) in [4.78, 5) is 17.0. The van der Waals surface area contributed by atoms with E-state index in [-0.39, 0.29) is 18.2 Å². The minimum atomic E-state index is -0.494. The number of nitrogens with zero attached hydrogens (tertiary/aromatic N) is 6. The van der Waals surface area contributed by atoms with Gasteiger partial charge in [0.15, 0.2) is 5.69 Å². The van der Waals surface area contributed by atoms with Crippen LogP contribution in [0.15, 0.2) is 29.0 Å². The van der Waals surface area contributed by atoms with Crippen LogP contribution < -0.4 is 5.32 Å². The fourth-order valence-corrected chi connectivity index (χ4v) is 3.75. The van der Waals surface area contributed by atoms with Gasteiger partial charge < -0.3 is 4.52 Å². The summed E-state index contributed by atoms with van der Waals surface area (Å²) in [6.45, 7) is 6.06. The van der Waals surface area contributed by atoms with Gasteiger partial charge in [-0.05, 0) is 38.5 Å². The first kappa shape index (κ1) is 22.3. The molecule has 32 heavy (non-hydrogen) atoms. The highest BCUT2D eigenvalue weighted by atomic mass is 35.5. The van der Waals surface area contributed by atoms with E-state index in [4.69, 9.17) is 39.3 Å². The first-order valence-corrected chi connectivity index (χ1v) is 10.7. The summed E-state index contributed by atoms with van der Waals surface area (Å²) in [5.74, 6) is 0.141. The Kier molecular flexibility index (Phi) is 6.23. The third kappa shape index (κ3) is 4.50. The number of hydrogen-bond acceptors (Lipinski definition) is 6. The minimum absolute atomic E-state index is 0.126. The van der Waals surface area contributed by atoms with Gasteiger partial charge in [-0.3, -0.25) is 14.8 Å². The van der Waals surface area contributed by atoms with E-state index >= 15 is 0 Å². The number of rotatable bonds is 6. The second-order valence-corrected chi connectivity index (χ2v) is 8.39. The van der Waals surface area contributed by atoms with Crippen molar-refractivity contribution in [3.63, 3.8) is 0 Å². The highest BCUT2D eigenvalue weighted by Gasteiger charge is 2.23. The van der Waals surface area contributed by atoms with Crippen LogP contribution in [0.1, 0.15) is 38.8 Å². The molecule has 3 aromatic heterocycles. The molecule has 0 spiro atoms. The summed E-state index contributed by atoms with van der Waals surface area (Å²) in [5, 5.41) is 16.9. The van der Waals surface area contributed by atoms with Gasteiger partial charge in [-0.25, -0.2) is 9.67 Å². The number of benzene rings is 1. The zero-order valence-electron chi connectivity index (χ0n) is 17.4. The van der Waals surface area contributed by atoms with Gasteiger partial charge in [-0.1, -0.05) is 46.0 Å². The minimum Gasteiger partial charge on any atom is -0.361 e. The Bertz CT molecular complexity index is 1310. The number of aryl methyl sites for hydroxylation is 2. The van der Waals surface area contributed by atoms with E-state index in [0.29, 0.717) is 38.6 Å². The van der Waals surface area contributed by atoms with Crippen molar-refractivity contribution in [1.82, 2.24) is 29.7 Å². The quantitative estimate of drug-likeness (QED) is 0.417. The molecule has 4 rings (SSSR count). The van der Waals surface area contributed by atoms with Crippen LogP contribution in [0, 0.1) is 20.8 Å². The standard InChI is InChI=1S/C20H18Cl3N7O2/c1-10-17(23)11(2)30(26-10)8-15-12(3)32-28-18(15)19(31)25-20-24-9-29(27-20)7-13-4-5-14(21)6-16(13)22/h4-6,9H,7-8H2,1-3H3,(H,25,27,31). The fourth-order valence-electron chi connectivity index (χ4n) is 3.15. The molecule has 0 aliphatic carbocycles. The summed E-state index contributed by atoms with van der Waals surface area (Å²) in [5.41, 5.74) is 3.04. The molecule has 0 radical (unpaired) electrons. The third-order valence-electron chi connectivity index (χ3n) is 4.91. The second kappa shape index (κ2) is 8.93. The van der Waals surface area contributed by atoms with Gasteiger partial charge in [-0.2, -0.15) is 5.10 Å². The van der Waals surface area contributed by atoms with Crippen LogP contribution in [0.2, 0.25) is 15.1 Å². The predicted molar refractivity (Wildman–Crippen MR) is 121 cm³/mol. The lowest BCUT2D eigenvalue weighted by Gasteiger charge is -2.06. The van der Waals surface area contributed by atoms with E-state index < -0.39 is 5.91 Å². The summed E-state index contributed by atoms with van der Waals surface area (Å²) >= 11 is 18.4. The average molecular weight is 495 g/mol. The number of aromatic nitrogens is 6. The average Bonchev–Trinajstić information content (AvgIpc) is 3.40. The molecular formula is C20H18Cl3N7O2. The number of carbonyl (C=O) groups excluding carboxylic acids is 1. The van der Waals surface area contributed by atoms with Gasteiger partial charge in [0.05, 0.1) is 29.5 Å². The molecular weight excluding hydrogens is 477 g/mol. The Morgan fingerprint density at radius 1 is 1.12 bits per heavy atom. The van der Waals surface area contributed by atoms with Crippen LogP contribution >= 0.6 is 34.8 Å². The number of halogens is 3. The van der Waals surface area contributed by atoms with Crippen LogP contribution in [0.4, 0.5) is 5.95 Å². The van der Waals surface area contributed by atoms with Gasteiger partial charge in [0, 0.05) is 15.6 Å². The molecule has 1 aromatic carbocycles. The molecule has 0 unspecified atom stereocenters. The van der Waals surface area contributed by atoms with Crippen LogP contribution in [0.5, 0.6) is 0 Å². The molecule has 166 valence electrons. The van der Waals surface area contributed by atoms with E-state index in [1.54, 1.807) is 34.5 Å². The molecule has 1 N–H and O–H groups in total. The normalized spacial score (nSPS) is 11.2. The number of anilines is 1. The smallest absolute Gasteiger partial charge is 0.280 e. The van der Waals surface area contributed by atoms with Crippen LogP contribution in [-0.2, 0) is 13.1 Å². The molecule has 0 atom stereocenters. The maximum absolute atomic E-state index is 12.8. The lowest BCUT2D eigenvalue weighted by atomic mass is 10.2. The number of carbonyl (C=O) groups is 1. The predicted octanol–water partition coefficient (Wildman–Crippen LogP) is 4.70. The Morgan fingerprint density at radius 2 is 1.91 bits per heavy atom. The van der Waals surface area contributed by atoms with Crippen molar-refractivity contribution in [3.8, 4) is 0 Å². The highest BCUT2D eigenvalue weighted by molar-refractivity contribution is 6.35. The Labute approximate surface area is 198 Å². The Hall–Kier alpha value is -2.88. The summed E-state index contributed by atoms with van der Waals surface area (Å²) in [6, 6.07) is 5.20. The first-order chi connectivity index (χ1) is 15.2. The number of nitrogens with one attached hydrogen (secondary N) is 1. The topological polar surface area (TPSA) is 104 Å². The molecule has 9 nitrogen and oxygen atoms in total. The Balaban J connectivity index is 1.50. The van der Waals surface area contributed by atoms with E-state index in [9.17, 15) is 4.79 Å². The molecule has 0 saturated heterocycles.